The maximum Gasteiger partial charge on any atom is 0.522 e. The Hall–Kier alpha value is -2.76. The number of piperidine rings is 1. The molecule has 1 amide bonds. The van der Waals surface area contributed by atoms with Gasteiger partial charge in [-0.3, -0.25) is 14.5 Å². The van der Waals surface area contributed by atoms with Crippen molar-refractivity contribution in [3.8, 4) is 5.75 Å². The van der Waals surface area contributed by atoms with Crippen molar-refractivity contribution in [2.45, 2.75) is 31.4 Å². The largest absolute Gasteiger partial charge is 0.522 e. The lowest BCUT2D eigenvalue weighted by Crippen LogP contribution is -2.54. The summed E-state index contributed by atoms with van der Waals surface area (Å²) in [5.74, 6) is -0.170. The molecule has 2 aromatic rings. The van der Waals surface area contributed by atoms with Gasteiger partial charge in [0, 0.05) is 19.2 Å². The normalized spacial score (nSPS) is 25.6. The molecule has 4 heterocycles. The molecule has 2 atom stereocenters. The second-order valence-electron chi connectivity index (χ2n) is 7.32. The molecule has 0 saturated carbocycles. The number of ether oxygens (including phenoxy) is 4. The van der Waals surface area contributed by atoms with Crippen LogP contribution in [0.4, 0.5) is 13.2 Å². The fourth-order valence-electron chi connectivity index (χ4n) is 3.74. The van der Waals surface area contributed by atoms with Crippen LogP contribution < -0.4 is 4.74 Å². The summed E-state index contributed by atoms with van der Waals surface area (Å²) < 4.78 is 72.1. The van der Waals surface area contributed by atoms with Crippen molar-refractivity contribution >= 4 is 5.91 Å². The third-order valence-electron chi connectivity index (χ3n) is 5.32. The first kappa shape index (κ1) is 19.9. The van der Waals surface area contributed by atoms with E-state index in [2.05, 4.69) is 14.7 Å². The fraction of sp³-hybridized carbons (Fsp3) is 0.476. The van der Waals surface area contributed by atoms with Crippen LogP contribution in [0.1, 0.15) is 31.0 Å². The number of likely N-dealkylation sites (tertiary alicyclic amines) is 1. The lowest BCUT2D eigenvalue weighted by molar-refractivity contribution is -0.325. The maximum atomic E-state index is 13.1. The molecule has 11 heteroatoms. The first-order valence-corrected chi connectivity index (χ1v) is 9.89. The van der Waals surface area contributed by atoms with Crippen molar-refractivity contribution in [1.29, 1.82) is 0 Å². The molecular weight excluding hydrogens is 431 g/mol. The summed E-state index contributed by atoms with van der Waals surface area (Å²) in [5, 5.41) is 0. The van der Waals surface area contributed by atoms with Gasteiger partial charge in [-0.25, -0.2) is 4.98 Å². The van der Waals surface area contributed by atoms with E-state index in [-0.39, 0.29) is 37.6 Å². The van der Waals surface area contributed by atoms with Crippen LogP contribution in [0.2, 0.25) is 0 Å². The summed E-state index contributed by atoms with van der Waals surface area (Å²) in [5.41, 5.74) is -0.155. The van der Waals surface area contributed by atoms with Gasteiger partial charge in [0.2, 0.25) is 0 Å². The molecule has 172 valence electrons. The molecule has 0 N–H and O–H groups in total. The third-order valence-corrected chi connectivity index (χ3v) is 5.32. The van der Waals surface area contributed by atoms with Crippen LogP contribution in [-0.4, -0.2) is 66.3 Å². The van der Waals surface area contributed by atoms with Gasteiger partial charge in [0.1, 0.15) is 36.5 Å². The predicted molar refractivity (Wildman–Crippen MR) is 104 cm³/mol. The van der Waals surface area contributed by atoms with Crippen molar-refractivity contribution in [2.24, 2.45) is 0 Å². The molecule has 0 aliphatic carbocycles. The van der Waals surface area contributed by atoms with E-state index < -0.39 is 37.3 Å². The number of amides is 1. The number of halogens is 3. The predicted octanol–water partition coefficient (Wildman–Crippen LogP) is 2.81. The monoisotopic (exact) mass is 455 g/mol. The van der Waals surface area contributed by atoms with Gasteiger partial charge in [-0.05, 0) is 31.2 Å². The van der Waals surface area contributed by atoms with Crippen molar-refractivity contribution in [3.05, 3.63) is 53.6 Å². The Kier molecular flexibility index (Phi) is 5.60. The summed E-state index contributed by atoms with van der Waals surface area (Å²) in [7, 11) is 0. The number of aryl methyl sites for hydroxylation is 1. The number of hydrogen-bond donors (Lipinski definition) is 0. The van der Waals surface area contributed by atoms with Crippen LogP contribution in [0.25, 0.3) is 0 Å². The number of fused-ring (bicyclic) bond motifs is 1. The Balaban J connectivity index is 1.44. The Morgan fingerprint density at radius 3 is 2.91 bits per heavy atom. The molecule has 2 fully saturated rings. The number of alkyl halides is 3. The second-order valence-corrected chi connectivity index (χ2v) is 7.32. The number of aromatic nitrogens is 2. The smallest absolute Gasteiger partial charge is 0.489 e. The molecule has 0 spiro atoms. The molecule has 0 bridgehead atoms. The molecule has 1 unspecified atom stereocenters. The quantitative estimate of drug-likeness (QED) is 0.620. The summed E-state index contributed by atoms with van der Waals surface area (Å²) in [6, 6.07) is 8.12. The minimum atomic E-state index is -4.73. The topological polar surface area (TPSA) is 83.0 Å². The van der Waals surface area contributed by atoms with E-state index in [0.717, 1.165) is 0 Å². The van der Waals surface area contributed by atoms with Crippen LogP contribution in [0, 0.1) is 6.92 Å². The molecule has 32 heavy (non-hydrogen) atoms. The fourth-order valence-corrected chi connectivity index (χ4v) is 3.74. The van der Waals surface area contributed by atoms with Crippen molar-refractivity contribution in [3.63, 3.8) is 0 Å². The highest BCUT2D eigenvalue weighted by atomic mass is 19.4. The number of carbonyl (C=O) groups is 1. The number of nitrogens with zero attached hydrogens (tertiary/aromatic N) is 3. The Morgan fingerprint density at radius 1 is 1.34 bits per heavy atom. The molecule has 2 aliphatic rings. The Morgan fingerprint density at radius 2 is 2.19 bits per heavy atom. The van der Waals surface area contributed by atoms with Crippen molar-refractivity contribution < 1.29 is 39.7 Å². The number of pyridine rings is 2. The average molecular weight is 455 g/mol. The van der Waals surface area contributed by atoms with E-state index in [1.807, 2.05) is 0 Å². The van der Waals surface area contributed by atoms with E-state index in [4.69, 9.17) is 17.0 Å². The highest BCUT2D eigenvalue weighted by molar-refractivity contribution is 5.92. The van der Waals surface area contributed by atoms with Crippen LogP contribution in [-0.2, 0) is 19.8 Å². The number of carbonyl (C=O) groups excluding carboxylic acids is 1. The van der Waals surface area contributed by atoms with Crippen LogP contribution in [0.5, 0.6) is 5.75 Å². The molecule has 4 rings (SSSR count). The van der Waals surface area contributed by atoms with Crippen molar-refractivity contribution in [2.75, 3.05) is 33.0 Å². The van der Waals surface area contributed by atoms with Gasteiger partial charge in [-0.1, -0.05) is 6.07 Å². The van der Waals surface area contributed by atoms with E-state index in [1.54, 1.807) is 31.3 Å². The summed E-state index contributed by atoms with van der Waals surface area (Å²) >= 11 is 0. The van der Waals surface area contributed by atoms with Crippen LogP contribution in [0.3, 0.4) is 0 Å². The zero-order chi connectivity index (χ0) is 24.6. The van der Waals surface area contributed by atoms with Gasteiger partial charge < -0.3 is 19.1 Å². The highest BCUT2D eigenvalue weighted by Gasteiger charge is 2.52. The first-order chi connectivity index (χ1) is 16.0. The number of rotatable bonds is 6. The summed E-state index contributed by atoms with van der Waals surface area (Å²) in [4.78, 5) is 23.1. The minimum absolute atomic E-state index is 0.0582. The number of hydrogen-bond acceptors (Lipinski definition) is 7. The molecule has 2 aliphatic heterocycles. The Bertz CT molecular complexity index is 1040. The first-order valence-electron chi connectivity index (χ1n) is 10.9. The second kappa shape index (κ2) is 9.00. The minimum Gasteiger partial charge on any atom is -0.489 e. The van der Waals surface area contributed by atoms with Crippen molar-refractivity contribution in [1.82, 2.24) is 14.9 Å². The van der Waals surface area contributed by atoms with Gasteiger partial charge in [0.25, 0.3) is 5.91 Å². The molecular formula is C21H22F3N3O5. The lowest BCUT2D eigenvalue weighted by Gasteiger charge is -2.41. The van der Waals surface area contributed by atoms with Gasteiger partial charge in [0.05, 0.1) is 27.3 Å². The zero-order valence-electron chi connectivity index (χ0n) is 19.1. The third kappa shape index (κ3) is 4.69. The van der Waals surface area contributed by atoms with E-state index in [1.165, 1.54) is 17.0 Å². The van der Waals surface area contributed by atoms with E-state index in [0.29, 0.717) is 11.4 Å². The molecule has 0 radical (unpaired) electrons. The van der Waals surface area contributed by atoms with Gasteiger partial charge in [-0.2, -0.15) is 0 Å². The van der Waals surface area contributed by atoms with Gasteiger partial charge >= 0.3 is 6.36 Å². The molecule has 0 aromatic carbocycles. The molecule has 8 nitrogen and oxygen atoms in total. The highest BCUT2D eigenvalue weighted by Crippen LogP contribution is 2.41. The van der Waals surface area contributed by atoms with Crippen LogP contribution in [0.15, 0.2) is 36.5 Å². The standard InChI is InChI=1S/C21H22F3N3O5/c1-14-16(29-10-11-31-21(22,23)24)6-5-15(26-14)19(28)27-9-7-20(17-4-2-3-8-25-17)18(12-27)30-13-32-20/h2-6,8,18H,7,9-13H2,1H3/t18?,20-/m1/s1/i13D2. The summed E-state index contributed by atoms with van der Waals surface area (Å²) in [6.45, 7) is -1.46. The SMILES string of the molecule is [2H]C1([2H])OC2CN(C(=O)c3ccc(OCCOC(F)(F)F)c(C)n3)CC[C@]2(c2ccccn2)O1. The zero-order valence-corrected chi connectivity index (χ0v) is 17.1. The van der Waals surface area contributed by atoms with E-state index >= 15 is 0 Å². The van der Waals surface area contributed by atoms with Gasteiger partial charge in [0.15, 0.2) is 0 Å². The summed E-state index contributed by atoms with van der Waals surface area (Å²) in [6.07, 6.45) is -3.67. The lowest BCUT2D eigenvalue weighted by atomic mass is 9.85. The molecule has 2 saturated heterocycles. The Labute approximate surface area is 185 Å². The average Bonchev–Trinajstić information content (AvgIpc) is 3.07. The molecule has 2 aromatic heterocycles. The van der Waals surface area contributed by atoms with Gasteiger partial charge in [-0.15, -0.1) is 13.2 Å². The van der Waals surface area contributed by atoms with Crippen LogP contribution >= 0.6 is 0 Å². The maximum absolute atomic E-state index is 13.1. The van der Waals surface area contributed by atoms with E-state index in [9.17, 15) is 18.0 Å².